The SMILES string of the molecule is CCCNC(C)(C#N)CC(C)SCCCO. The van der Waals surface area contributed by atoms with E-state index >= 15 is 0 Å². The summed E-state index contributed by atoms with van der Waals surface area (Å²) >= 11 is 1.83. The van der Waals surface area contributed by atoms with E-state index in [2.05, 4.69) is 25.2 Å². The second-order valence-corrected chi connectivity index (χ2v) is 5.88. The van der Waals surface area contributed by atoms with Gasteiger partial charge in [0.25, 0.3) is 0 Å². The Kier molecular flexibility index (Phi) is 8.73. The molecule has 0 heterocycles. The van der Waals surface area contributed by atoms with E-state index in [0.717, 1.165) is 31.6 Å². The van der Waals surface area contributed by atoms with Gasteiger partial charge >= 0.3 is 0 Å². The third-order valence-corrected chi connectivity index (χ3v) is 3.67. The predicted molar refractivity (Wildman–Crippen MR) is 70.6 cm³/mol. The van der Waals surface area contributed by atoms with Crippen molar-refractivity contribution in [3.8, 4) is 6.07 Å². The van der Waals surface area contributed by atoms with Crippen LogP contribution in [0.2, 0.25) is 0 Å². The van der Waals surface area contributed by atoms with Crippen molar-refractivity contribution in [3.63, 3.8) is 0 Å². The molecule has 0 aliphatic heterocycles. The molecule has 0 amide bonds. The molecule has 94 valence electrons. The number of aliphatic hydroxyl groups excluding tert-OH is 1. The van der Waals surface area contributed by atoms with Crippen molar-refractivity contribution in [1.29, 1.82) is 5.26 Å². The van der Waals surface area contributed by atoms with Crippen molar-refractivity contribution >= 4 is 11.8 Å². The molecule has 2 atom stereocenters. The van der Waals surface area contributed by atoms with Crippen molar-refractivity contribution in [2.24, 2.45) is 0 Å². The molecule has 0 fully saturated rings. The Morgan fingerprint density at radius 3 is 2.75 bits per heavy atom. The molecule has 0 radical (unpaired) electrons. The van der Waals surface area contributed by atoms with Crippen LogP contribution in [-0.4, -0.2) is 34.8 Å². The minimum Gasteiger partial charge on any atom is -0.396 e. The summed E-state index contributed by atoms with van der Waals surface area (Å²) in [6.45, 7) is 7.35. The first kappa shape index (κ1) is 15.8. The molecule has 0 aliphatic rings. The number of nitrogens with zero attached hydrogens (tertiary/aromatic N) is 1. The van der Waals surface area contributed by atoms with Crippen molar-refractivity contribution in [2.45, 2.75) is 50.8 Å². The Hall–Kier alpha value is -0.240. The molecule has 0 saturated heterocycles. The zero-order valence-electron chi connectivity index (χ0n) is 10.6. The van der Waals surface area contributed by atoms with Gasteiger partial charge in [0.15, 0.2) is 0 Å². The summed E-state index contributed by atoms with van der Waals surface area (Å²) in [4.78, 5) is 0. The van der Waals surface area contributed by atoms with Gasteiger partial charge in [0, 0.05) is 11.9 Å². The Bertz CT molecular complexity index is 218. The van der Waals surface area contributed by atoms with Gasteiger partial charge in [-0.15, -0.1) is 0 Å². The molecule has 0 spiro atoms. The fourth-order valence-corrected chi connectivity index (χ4v) is 2.69. The first-order valence-corrected chi connectivity index (χ1v) is 7.01. The van der Waals surface area contributed by atoms with E-state index in [1.165, 1.54) is 0 Å². The molecule has 16 heavy (non-hydrogen) atoms. The number of hydrogen-bond donors (Lipinski definition) is 2. The molecular weight excluding hydrogens is 220 g/mol. The van der Waals surface area contributed by atoms with Gasteiger partial charge in [-0.25, -0.2) is 0 Å². The van der Waals surface area contributed by atoms with Gasteiger partial charge in [0.2, 0.25) is 0 Å². The molecule has 0 aromatic heterocycles. The normalized spacial score (nSPS) is 16.4. The maximum absolute atomic E-state index is 9.17. The predicted octanol–water partition coefficient (Wildman–Crippen LogP) is 2.16. The van der Waals surface area contributed by atoms with E-state index < -0.39 is 5.54 Å². The van der Waals surface area contributed by atoms with E-state index in [-0.39, 0.29) is 6.61 Å². The van der Waals surface area contributed by atoms with Crippen LogP contribution in [0.1, 0.15) is 40.0 Å². The topological polar surface area (TPSA) is 56.0 Å². The average Bonchev–Trinajstić information content (AvgIpc) is 2.27. The van der Waals surface area contributed by atoms with E-state index in [0.29, 0.717) is 5.25 Å². The summed E-state index contributed by atoms with van der Waals surface area (Å²) in [5, 5.41) is 21.6. The summed E-state index contributed by atoms with van der Waals surface area (Å²) in [6.07, 6.45) is 2.73. The Balaban J connectivity index is 3.95. The standard InChI is InChI=1S/C12H24N2OS/c1-4-6-14-12(3,10-13)9-11(2)16-8-5-7-15/h11,14-15H,4-9H2,1-3H3. The number of aliphatic hydroxyl groups is 1. The van der Waals surface area contributed by atoms with E-state index in [9.17, 15) is 5.26 Å². The van der Waals surface area contributed by atoms with E-state index in [1.54, 1.807) is 0 Å². The molecule has 0 aromatic rings. The summed E-state index contributed by atoms with van der Waals surface area (Å²) in [5.74, 6) is 0.965. The molecule has 0 aromatic carbocycles. The lowest BCUT2D eigenvalue weighted by atomic mass is 9.98. The van der Waals surface area contributed by atoms with Gasteiger partial charge < -0.3 is 5.11 Å². The quantitative estimate of drug-likeness (QED) is 0.610. The third-order valence-electron chi connectivity index (χ3n) is 2.41. The Labute approximate surface area is 104 Å². The summed E-state index contributed by atoms with van der Waals surface area (Å²) in [5.41, 5.74) is -0.415. The van der Waals surface area contributed by atoms with Crippen LogP contribution in [0, 0.1) is 11.3 Å². The molecule has 0 saturated carbocycles. The van der Waals surface area contributed by atoms with Crippen molar-refractivity contribution in [2.75, 3.05) is 18.9 Å². The van der Waals surface area contributed by atoms with Gasteiger partial charge in [-0.1, -0.05) is 13.8 Å². The highest BCUT2D eigenvalue weighted by molar-refractivity contribution is 7.99. The highest BCUT2D eigenvalue weighted by Gasteiger charge is 2.25. The lowest BCUT2D eigenvalue weighted by Crippen LogP contribution is -2.43. The summed E-state index contributed by atoms with van der Waals surface area (Å²) < 4.78 is 0. The minimum atomic E-state index is -0.415. The average molecular weight is 244 g/mol. The lowest BCUT2D eigenvalue weighted by Gasteiger charge is -2.26. The molecule has 0 bridgehead atoms. The van der Waals surface area contributed by atoms with E-state index in [4.69, 9.17) is 5.11 Å². The first-order chi connectivity index (χ1) is 7.58. The summed E-state index contributed by atoms with van der Waals surface area (Å²) in [7, 11) is 0. The molecule has 3 nitrogen and oxygen atoms in total. The lowest BCUT2D eigenvalue weighted by molar-refractivity contribution is 0.296. The fourth-order valence-electron chi connectivity index (χ4n) is 1.54. The molecule has 2 N–H and O–H groups in total. The van der Waals surface area contributed by atoms with Crippen molar-refractivity contribution in [1.82, 2.24) is 5.32 Å². The number of nitriles is 1. The second-order valence-electron chi connectivity index (χ2n) is 4.33. The van der Waals surface area contributed by atoms with Crippen LogP contribution in [0.15, 0.2) is 0 Å². The maximum Gasteiger partial charge on any atom is 0.104 e. The van der Waals surface area contributed by atoms with Gasteiger partial charge in [-0.05, 0) is 38.5 Å². The monoisotopic (exact) mass is 244 g/mol. The Morgan fingerprint density at radius 2 is 2.25 bits per heavy atom. The van der Waals surface area contributed by atoms with Crippen LogP contribution in [-0.2, 0) is 0 Å². The first-order valence-electron chi connectivity index (χ1n) is 5.96. The van der Waals surface area contributed by atoms with Crippen LogP contribution in [0.3, 0.4) is 0 Å². The molecular formula is C12H24N2OS. The van der Waals surface area contributed by atoms with Crippen LogP contribution >= 0.6 is 11.8 Å². The largest absolute Gasteiger partial charge is 0.396 e. The van der Waals surface area contributed by atoms with Crippen molar-refractivity contribution in [3.05, 3.63) is 0 Å². The highest BCUT2D eigenvalue weighted by atomic mass is 32.2. The second kappa shape index (κ2) is 8.86. The number of hydrogen-bond acceptors (Lipinski definition) is 4. The highest BCUT2D eigenvalue weighted by Crippen LogP contribution is 2.22. The summed E-state index contributed by atoms with van der Waals surface area (Å²) in [6, 6.07) is 2.36. The third kappa shape index (κ3) is 7.10. The maximum atomic E-state index is 9.17. The molecule has 4 heteroatoms. The molecule has 0 rings (SSSR count). The van der Waals surface area contributed by atoms with Gasteiger partial charge in [0.05, 0.1) is 6.07 Å². The van der Waals surface area contributed by atoms with Crippen molar-refractivity contribution < 1.29 is 5.11 Å². The van der Waals surface area contributed by atoms with Crippen LogP contribution in [0.25, 0.3) is 0 Å². The number of rotatable bonds is 9. The number of thioether (sulfide) groups is 1. The molecule has 2 unspecified atom stereocenters. The van der Waals surface area contributed by atoms with Crippen LogP contribution in [0.5, 0.6) is 0 Å². The van der Waals surface area contributed by atoms with Crippen LogP contribution in [0.4, 0.5) is 0 Å². The van der Waals surface area contributed by atoms with E-state index in [1.807, 2.05) is 18.7 Å². The molecule has 0 aliphatic carbocycles. The number of nitrogens with one attached hydrogen (secondary N) is 1. The zero-order chi connectivity index (χ0) is 12.4. The fraction of sp³-hybridized carbons (Fsp3) is 0.917. The Morgan fingerprint density at radius 1 is 1.56 bits per heavy atom. The van der Waals surface area contributed by atoms with Gasteiger partial charge in [-0.3, -0.25) is 5.32 Å². The van der Waals surface area contributed by atoms with Gasteiger partial charge in [-0.2, -0.15) is 17.0 Å². The zero-order valence-corrected chi connectivity index (χ0v) is 11.4. The smallest absolute Gasteiger partial charge is 0.104 e. The van der Waals surface area contributed by atoms with Crippen LogP contribution < -0.4 is 5.32 Å². The minimum absolute atomic E-state index is 0.253. The van der Waals surface area contributed by atoms with Gasteiger partial charge in [0.1, 0.15) is 5.54 Å².